The van der Waals surface area contributed by atoms with E-state index in [1.54, 1.807) is 12.3 Å². The molecule has 0 saturated carbocycles. The van der Waals surface area contributed by atoms with Crippen LogP contribution in [0.15, 0.2) is 28.8 Å². The number of nitrogens with zero attached hydrogens (tertiary/aromatic N) is 2. The molecule has 0 aliphatic heterocycles. The van der Waals surface area contributed by atoms with Gasteiger partial charge in [0.25, 0.3) is 0 Å². The Morgan fingerprint density at radius 1 is 1.35 bits per heavy atom. The molecule has 0 atom stereocenters. The predicted molar refractivity (Wildman–Crippen MR) is 63.2 cm³/mol. The SMILES string of the molecule is Cn1nccc1CCNCc1ccc(CO)o1. The van der Waals surface area contributed by atoms with Crippen molar-refractivity contribution in [2.45, 2.75) is 19.6 Å². The van der Waals surface area contributed by atoms with Crippen LogP contribution in [0.2, 0.25) is 0 Å². The number of rotatable bonds is 6. The maximum absolute atomic E-state index is 8.85. The van der Waals surface area contributed by atoms with Crippen molar-refractivity contribution < 1.29 is 9.52 Å². The normalized spacial score (nSPS) is 10.9. The van der Waals surface area contributed by atoms with Gasteiger partial charge in [-0.15, -0.1) is 0 Å². The van der Waals surface area contributed by atoms with Gasteiger partial charge in [0.2, 0.25) is 0 Å². The molecule has 2 heterocycles. The van der Waals surface area contributed by atoms with Crippen LogP contribution in [0.3, 0.4) is 0 Å². The fourth-order valence-electron chi connectivity index (χ4n) is 1.68. The predicted octanol–water partition coefficient (Wildman–Crippen LogP) is 0.838. The Labute approximate surface area is 100 Å². The molecule has 0 fully saturated rings. The standard InChI is InChI=1S/C12H17N3O2/c1-15-10(5-7-14-15)4-6-13-8-11-2-3-12(9-16)17-11/h2-3,5,7,13,16H,4,6,8-9H2,1H3. The monoisotopic (exact) mass is 235 g/mol. The van der Waals surface area contributed by atoms with Crippen molar-refractivity contribution in [3.05, 3.63) is 41.6 Å². The molecule has 92 valence electrons. The van der Waals surface area contributed by atoms with Crippen LogP contribution in [0.4, 0.5) is 0 Å². The van der Waals surface area contributed by atoms with Gasteiger partial charge in [-0.3, -0.25) is 4.68 Å². The molecule has 0 bridgehead atoms. The summed E-state index contributed by atoms with van der Waals surface area (Å²) >= 11 is 0. The topological polar surface area (TPSA) is 63.2 Å². The zero-order valence-electron chi connectivity index (χ0n) is 9.89. The third-order valence-electron chi connectivity index (χ3n) is 2.65. The van der Waals surface area contributed by atoms with Crippen LogP contribution >= 0.6 is 0 Å². The first-order chi connectivity index (χ1) is 8.29. The van der Waals surface area contributed by atoms with Crippen LogP contribution in [0.5, 0.6) is 0 Å². The van der Waals surface area contributed by atoms with E-state index in [1.807, 2.05) is 23.9 Å². The van der Waals surface area contributed by atoms with Crippen LogP contribution in [-0.2, 0) is 26.6 Å². The van der Waals surface area contributed by atoms with Crippen molar-refractivity contribution in [2.24, 2.45) is 7.05 Å². The largest absolute Gasteiger partial charge is 0.462 e. The van der Waals surface area contributed by atoms with Crippen molar-refractivity contribution in [1.29, 1.82) is 0 Å². The third kappa shape index (κ3) is 3.18. The molecule has 2 aromatic rings. The van der Waals surface area contributed by atoms with E-state index in [0.717, 1.165) is 18.7 Å². The summed E-state index contributed by atoms with van der Waals surface area (Å²) < 4.78 is 7.24. The Balaban J connectivity index is 1.71. The zero-order valence-corrected chi connectivity index (χ0v) is 9.89. The molecule has 0 aromatic carbocycles. The number of aliphatic hydroxyl groups excluding tert-OH is 1. The van der Waals surface area contributed by atoms with Crippen molar-refractivity contribution >= 4 is 0 Å². The molecule has 0 spiro atoms. The van der Waals surface area contributed by atoms with Crippen molar-refractivity contribution in [3.8, 4) is 0 Å². The smallest absolute Gasteiger partial charge is 0.129 e. The van der Waals surface area contributed by atoms with E-state index >= 15 is 0 Å². The zero-order chi connectivity index (χ0) is 12.1. The number of aliphatic hydroxyl groups is 1. The minimum atomic E-state index is -0.0466. The number of hydrogen-bond donors (Lipinski definition) is 2. The Morgan fingerprint density at radius 2 is 2.18 bits per heavy atom. The van der Waals surface area contributed by atoms with Gasteiger partial charge >= 0.3 is 0 Å². The van der Waals surface area contributed by atoms with E-state index in [-0.39, 0.29) is 6.61 Å². The average Bonchev–Trinajstić information content (AvgIpc) is 2.94. The number of furan rings is 1. The minimum Gasteiger partial charge on any atom is -0.462 e. The summed E-state index contributed by atoms with van der Waals surface area (Å²) in [6, 6.07) is 5.68. The fourth-order valence-corrected chi connectivity index (χ4v) is 1.68. The highest BCUT2D eigenvalue weighted by molar-refractivity contribution is 5.06. The molecular formula is C12H17N3O2. The maximum atomic E-state index is 8.85. The summed E-state index contributed by atoms with van der Waals surface area (Å²) in [5, 5.41) is 16.3. The van der Waals surface area contributed by atoms with Crippen LogP contribution in [0.25, 0.3) is 0 Å². The molecule has 0 radical (unpaired) electrons. The maximum Gasteiger partial charge on any atom is 0.129 e. The molecule has 2 aromatic heterocycles. The number of nitrogens with one attached hydrogen (secondary N) is 1. The van der Waals surface area contributed by atoms with E-state index in [1.165, 1.54) is 5.69 Å². The lowest BCUT2D eigenvalue weighted by molar-refractivity contribution is 0.243. The van der Waals surface area contributed by atoms with E-state index in [4.69, 9.17) is 9.52 Å². The number of hydrogen-bond acceptors (Lipinski definition) is 4. The van der Waals surface area contributed by atoms with E-state index in [0.29, 0.717) is 12.3 Å². The van der Waals surface area contributed by atoms with Crippen LogP contribution in [-0.4, -0.2) is 21.4 Å². The van der Waals surface area contributed by atoms with Gasteiger partial charge in [0.15, 0.2) is 0 Å². The molecule has 5 nitrogen and oxygen atoms in total. The second-order valence-electron chi connectivity index (χ2n) is 3.90. The van der Waals surface area contributed by atoms with Crippen molar-refractivity contribution in [3.63, 3.8) is 0 Å². The fraction of sp³-hybridized carbons (Fsp3) is 0.417. The molecule has 0 saturated heterocycles. The second-order valence-corrected chi connectivity index (χ2v) is 3.90. The quantitative estimate of drug-likeness (QED) is 0.728. The molecule has 0 aliphatic carbocycles. The first-order valence-corrected chi connectivity index (χ1v) is 5.65. The number of aryl methyl sites for hydroxylation is 1. The first-order valence-electron chi connectivity index (χ1n) is 5.65. The van der Waals surface area contributed by atoms with Gasteiger partial charge in [-0.25, -0.2) is 0 Å². The Morgan fingerprint density at radius 3 is 2.82 bits per heavy atom. The van der Waals surface area contributed by atoms with Gasteiger partial charge in [-0.1, -0.05) is 0 Å². The van der Waals surface area contributed by atoms with E-state index < -0.39 is 0 Å². The van der Waals surface area contributed by atoms with Crippen LogP contribution < -0.4 is 5.32 Å². The lowest BCUT2D eigenvalue weighted by atomic mass is 10.3. The lowest BCUT2D eigenvalue weighted by Gasteiger charge is -2.03. The van der Waals surface area contributed by atoms with Gasteiger partial charge < -0.3 is 14.8 Å². The van der Waals surface area contributed by atoms with E-state index in [2.05, 4.69) is 10.4 Å². The Bertz CT molecular complexity index is 462. The second kappa shape index (κ2) is 5.65. The van der Waals surface area contributed by atoms with Gasteiger partial charge in [-0.2, -0.15) is 5.10 Å². The van der Waals surface area contributed by atoms with Crippen LogP contribution in [0.1, 0.15) is 17.2 Å². The molecule has 5 heteroatoms. The Kier molecular flexibility index (Phi) is 3.95. The summed E-state index contributed by atoms with van der Waals surface area (Å²) in [7, 11) is 1.94. The van der Waals surface area contributed by atoms with Gasteiger partial charge in [0.1, 0.15) is 18.1 Å². The summed E-state index contributed by atoms with van der Waals surface area (Å²) in [6.07, 6.45) is 2.74. The molecule has 0 unspecified atom stereocenters. The highest BCUT2D eigenvalue weighted by Gasteiger charge is 2.01. The van der Waals surface area contributed by atoms with Gasteiger partial charge in [0, 0.05) is 31.9 Å². The Hall–Kier alpha value is -1.59. The highest BCUT2D eigenvalue weighted by atomic mass is 16.4. The molecule has 2 rings (SSSR count). The minimum absolute atomic E-state index is 0.0466. The first kappa shape index (κ1) is 11.9. The molecule has 17 heavy (non-hydrogen) atoms. The van der Waals surface area contributed by atoms with E-state index in [9.17, 15) is 0 Å². The van der Waals surface area contributed by atoms with Crippen LogP contribution in [0, 0.1) is 0 Å². The molecule has 0 amide bonds. The van der Waals surface area contributed by atoms with Gasteiger partial charge in [-0.05, 0) is 18.2 Å². The molecule has 2 N–H and O–H groups in total. The summed E-state index contributed by atoms with van der Waals surface area (Å²) in [4.78, 5) is 0. The summed E-state index contributed by atoms with van der Waals surface area (Å²) in [6.45, 7) is 1.50. The van der Waals surface area contributed by atoms with Crippen molar-refractivity contribution in [1.82, 2.24) is 15.1 Å². The van der Waals surface area contributed by atoms with Gasteiger partial charge in [0.05, 0.1) is 6.54 Å². The summed E-state index contributed by atoms with van der Waals surface area (Å²) in [5.41, 5.74) is 1.20. The highest BCUT2D eigenvalue weighted by Crippen LogP contribution is 2.07. The average molecular weight is 235 g/mol. The lowest BCUT2D eigenvalue weighted by Crippen LogP contribution is -2.17. The third-order valence-corrected chi connectivity index (χ3v) is 2.65. The van der Waals surface area contributed by atoms with Crippen molar-refractivity contribution in [2.75, 3.05) is 6.54 Å². The molecule has 0 aliphatic rings. The summed E-state index contributed by atoms with van der Waals surface area (Å²) in [5.74, 6) is 1.45. The molecular weight excluding hydrogens is 218 g/mol. The number of aromatic nitrogens is 2.